The lowest BCUT2D eigenvalue weighted by atomic mass is 10.1. The van der Waals surface area contributed by atoms with Crippen LogP contribution in [0.5, 0.6) is 0 Å². The summed E-state index contributed by atoms with van der Waals surface area (Å²) < 4.78 is 0. The summed E-state index contributed by atoms with van der Waals surface area (Å²) in [5.41, 5.74) is 8.32. The molecule has 4 nitrogen and oxygen atoms in total. The summed E-state index contributed by atoms with van der Waals surface area (Å²) >= 11 is 0. The van der Waals surface area contributed by atoms with Crippen LogP contribution in [-0.2, 0) is 4.79 Å². The number of aryl methyl sites for hydroxylation is 1. The molecule has 1 aromatic rings. The van der Waals surface area contributed by atoms with Crippen LogP contribution in [0.1, 0.15) is 25.8 Å². The van der Waals surface area contributed by atoms with Crippen molar-refractivity contribution >= 4 is 17.3 Å². The Morgan fingerprint density at radius 3 is 2.79 bits per heavy atom. The molecule has 1 fully saturated rings. The molecule has 1 aliphatic heterocycles. The van der Waals surface area contributed by atoms with Crippen molar-refractivity contribution in [2.45, 2.75) is 33.2 Å². The number of benzene rings is 1. The standard InChI is InChI=1S/C15H23N3O/c1-10-4-5-14(13(16)7-10)17-15(19)9-18-8-11(2)6-12(18)3/h4-5,7,11-12H,6,8-9,16H2,1-3H3,(H,17,19). The second-order valence-corrected chi connectivity index (χ2v) is 5.76. The van der Waals surface area contributed by atoms with E-state index in [4.69, 9.17) is 5.73 Å². The fourth-order valence-electron chi connectivity index (χ4n) is 2.78. The number of amides is 1. The van der Waals surface area contributed by atoms with Crippen molar-refractivity contribution in [2.75, 3.05) is 24.1 Å². The predicted molar refractivity (Wildman–Crippen MR) is 79.0 cm³/mol. The van der Waals surface area contributed by atoms with Gasteiger partial charge in [-0.05, 0) is 43.9 Å². The summed E-state index contributed by atoms with van der Waals surface area (Å²) in [6.45, 7) is 7.83. The van der Waals surface area contributed by atoms with E-state index in [0.717, 1.165) is 12.1 Å². The fourth-order valence-corrected chi connectivity index (χ4v) is 2.78. The summed E-state index contributed by atoms with van der Waals surface area (Å²) in [4.78, 5) is 14.3. The number of nitrogens with two attached hydrogens (primary N) is 1. The quantitative estimate of drug-likeness (QED) is 0.820. The fraction of sp³-hybridized carbons (Fsp3) is 0.533. The zero-order chi connectivity index (χ0) is 14.0. The zero-order valence-corrected chi connectivity index (χ0v) is 11.9. The maximum absolute atomic E-state index is 12.0. The van der Waals surface area contributed by atoms with E-state index < -0.39 is 0 Å². The largest absolute Gasteiger partial charge is 0.397 e. The molecule has 0 bridgehead atoms. The molecule has 1 aliphatic rings. The Balaban J connectivity index is 1.94. The summed E-state index contributed by atoms with van der Waals surface area (Å²) in [6, 6.07) is 6.16. The molecule has 1 aromatic carbocycles. The minimum Gasteiger partial charge on any atom is -0.397 e. The lowest BCUT2D eigenvalue weighted by Gasteiger charge is -2.20. The molecule has 2 atom stereocenters. The molecule has 2 rings (SSSR count). The molecule has 0 aromatic heterocycles. The van der Waals surface area contributed by atoms with Gasteiger partial charge in [0.15, 0.2) is 0 Å². The number of hydrogen-bond donors (Lipinski definition) is 2. The maximum Gasteiger partial charge on any atom is 0.238 e. The van der Waals surface area contributed by atoms with Gasteiger partial charge in [-0.15, -0.1) is 0 Å². The van der Waals surface area contributed by atoms with Gasteiger partial charge in [-0.25, -0.2) is 0 Å². The Bertz CT molecular complexity index is 472. The van der Waals surface area contributed by atoms with E-state index in [1.54, 1.807) is 0 Å². The van der Waals surface area contributed by atoms with Crippen molar-refractivity contribution in [3.05, 3.63) is 23.8 Å². The molecule has 0 saturated carbocycles. The van der Waals surface area contributed by atoms with Gasteiger partial charge < -0.3 is 11.1 Å². The number of nitrogens with zero attached hydrogens (tertiary/aromatic N) is 1. The van der Waals surface area contributed by atoms with Crippen LogP contribution in [0.3, 0.4) is 0 Å². The summed E-state index contributed by atoms with van der Waals surface area (Å²) in [5, 5.41) is 2.89. The van der Waals surface area contributed by atoms with Gasteiger partial charge in [0.2, 0.25) is 5.91 Å². The summed E-state index contributed by atoms with van der Waals surface area (Å²) in [7, 11) is 0. The number of rotatable bonds is 3. The Morgan fingerprint density at radius 2 is 2.21 bits per heavy atom. The van der Waals surface area contributed by atoms with Crippen molar-refractivity contribution < 1.29 is 4.79 Å². The van der Waals surface area contributed by atoms with Gasteiger partial charge in [-0.1, -0.05) is 13.0 Å². The van der Waals surface area contributed by atoms with E-state index >= 15 is 0 Å². The second kappa shape index (κ2) is 5.61. The average molecular weight is 261 g/mol. The number of hydrogen-bond acceptors (Lipinski definition) is 3. The lowest BCUT2D eigenvalue weighted by molar-refractivity contribution is -0.117. The second-order valence-electron chi connectivity index (χ2n) is 5.76. The monoisotopic (exact) mass is 261 g/mol. The topological polar surface area (TPSA) is 58.4 Å². The Kier molecular flexibility index (Phi) is 4.10. The highest BCUT2D eigenvalue weighted by Gasteiger charge is 2.27. The van der Waals surface area contributed by atoms with Gasteiger partial charge in [-0.3, -0.25) is 9.69 Å². The molecule has 0 radical (unpaired) electrons. The SMILES string of the molecule is Cc1ccc(NC(=O)CN2CC(C)CC2C)c(N)c1. The molecule has 0 aliphatic carbocycles. The molecule has 1 heterocycles. The number of nitrogen functional groups attached to an aromatic ring is 1. The molecule has 0 spiro atoms. The molecule has 19 heavy (non-hydrogen) atoms. The maximum atomic E-state index is 12.0. The minimum atomic E-state index is 0.0107. The molecular formula is C15H23N3O. The van der Waals surface area contributed by atoms with Gasteiger partial charge >= 0.3 is 0 Å². The highest BCUT2D eigenvalue weighted by atomic mass is 16.2. The van der Waals surface area contributed by atoms with E-state index in [9.17, 15) is 4.79 Å². The first-order valence-corrected chi connectivity index (χ1v) is 6.85. The van der Waals surface area contributed by atoms with Gasteiger partial charge in [0.25, 0.3) is 0 Å². The van der Waals surface area contributed by atoms with Crippen molar-refractivity contribution in [3.63, 3.8) is 0 Å². The van der Waals surface area contributed by atoms with E-state index in [-0.39, 0.29) is 5.91 Å². The third kappa shape index (κ3) is 3.47. The number of nitrogens with one attached hydrogen (secondary N) is 1. The number of carbonyl (C=O) groups is 1. The van der Waals surface area contributed by atoms with E-state index in [1.807, 2.05) is 25.1 Å². The van der Waals surface area contributed by atoms with Crippen LogP contribution in [0.15, 0.2) is 18.2 Å². The third-order valence-corrected chi connectivity index (χ3v) is 3.74. The predicted octanol–water partition coefficient (Wildman–Crippen LogP) is 2.25. The molecule has 1 amide bonds. The molecule has 3 N–H and O–H groups in total. The minimum absolute atomic E-state index is 0.0107. The van der Waals surface area contributed by atoms with Crippen molar-refractivity contribution in [2.24, 2.45) is 5.92 Å². The number of likely N-dealkylation sites (tertiary alicyclic amines) is 1. The van der Waals surface area contributed by atoms with Crippen LogP contribution < -0.4 is 11.1 Å². The van der Waals surface area contributed by atoms with Gasteiger partial charge in [0.05, 0.1) is 17.9 Å². The van der Waals surface area contributed by atoms with Crippen LogP contribution >= 0.6 is 0 Å². The zero-order valence-electron chi connectivity index (χ0n) is 11.9. The Hall–Kier alpha value is -1.55. The van der Waals surface area contributed by atoms with E-state index in [0.29, 0.717) is 29.9 Å². The van der Waals surface area contributed by atoms with Gasteiger partial charge in [-0.2, -0.15) is 0 Å². The molecule has 104 valence electrons. The lowest BCUT2D eigenvalue weighted by Crippen LogP contribution is -2.35. The van der Waals surface area contributed by atoms with Crippen molar-refractivity contribution in [1.82, 2.24) is 4.90 Å². The van der Waals surface area contributed by atoms with Gasteiger partial charge in [0, 0.05) is 12.6 Å². The third-order valence-electron chi connectivity index (χ3n) is 3.74. The van der Waals surface area contributed by atoms with E-state index in [2.05, 4.69) is 24.1 Å². The van der Waals surface area contributed by atoms with Gasteiger partial charge in [0.1, 0.15) is 0 Å². The molecule has 4 heteroatoms. The Morgan fingerprint density at radius 1 is 1.47 bits per heavy atom. The number of anilines is 2. The molecule has 1 saturated heterocycles. The normalized spacial score (nSPS) is 23.5. The van der Waals surface area contributed by atoms with Crippen LogP contribution in [0.4, 0.5) is 11.4 Å². The first-order valence-electron chi connectivity index (χ1n) is 6.85. The van der Waals surface area contributed by atoms with Crippen LogP contribution in [-0.4, -0.2) is 29.9 Å². The number of carbonyl (C=O) groups excluding carboxylic acids is 1. The highest BCUT2D eigenvalue weighted by molar-refractivity contribution is 5.95. The van der Waals surface area contributed by atoms with Crippen LogP contribution in [0, 0.1) is 12.8 Å². The van der Waals surface area contributed by atoms with E-state index in [1.165, 1.54) is 6.42 Å². The van der Waals surface area contributed by atoms with Crippen molar-refractivity contribution in [1.29, 1.82) is 0 Å². The Labute approximate surface area is 115 Å². The molecule has 2 unspecified atom stereocenters. The smallest absolute Gasteiger partial charge is 0.238 e. The van der Waals surface area contributed by atoms with Crippen LogP contribution in [0.2, 0.25) is 0 Å². The average Bonchev–Trinajstić information content (AvgIpc) is 2.61. The van der Waals surface area contributed by atoms with Crippen molar-refractivity contribution in [3.8, 4) is 0 Å². The summed E-state index contributed by atoms with van der Waals surface area (Å²) in [6.07, 6.45) is 1.17. The molecular weight excluding hydrogens is 238 g/mol. The first-order chi connectivity index (χ1) is 8.95. The summed E-state index contributed by atoms with van der Waals surface area (Å²) in [5.74, 6) is 0.684. The first kappa shape index (κ1) is 13.9. The van der Waals surface area contributed by atoms with Crippen LogP contribution in [0.25, 0.3) is 0 Å². The highest BCUT2D eigenvalue weighted by Crippen LogP contribution is 2.23.